The standard InChI is InChI=1S/C23H30N2O4S/c1-5-29-22-11-10-20(14-18(22)4)30(27,28)25-12-6-7-19(15-25)23(26)24-21-13-16(2)8-9-17(21)3/h8-11,13-14,19H,5-7,12,15H2,1-4H3,(H,24,26)/t19-/m1/s1. The van der Waals surface area contributed by atoms with Crippen molar-refractivity contribution in [3.8, 4) is 5.75 Å². The Labute approximate surface area is 179 Å². The molecule has 1 saturated heterocycles. The SMILES string of the molecule is CCOc1ccc(S(=O)(=O)N2CCC[C@@H](C(=O)Nc3cc(C)ccc3C)C2)cc1C. The lowest BCUT2D eigenvalue weighted by atomic mass is 9.98. The molecule has 1 aliphatic rings. The summed E-state index contributed by atoms with van der Waals surface area (Å²) in [6.45, 7) is 8.77. The summed E-state index contributed by atoms with van der Waals surface area (Å²) in [6.07, 6.45) is 1.32. The van der Waals surface area contributed by atoms with Crippen molar-refractivity contribution in [1.82, 2.24) is 4.31 Å². The Morgan fingerprint density at radius 1 is 1.13 bits per heavy atom. The van der Waals surface area contributed by atoms with E-state index >= 15 is 0 Å². The van der Waals surface area contributed by atoms with Crippen LogP contribution < -0.4 is 10.1 Å². The molecule has 0 spiro atoms. The van der Waals surface area contributed by atoms with Crippen molar-refractivity contribution in [3.05, 3.63) is 53.1 Å². The quantitative estimate of drug-likeness (QED) is 0.750. The van der Waals surface area contributed by atoms with Crippen molar-refractivity contribution in [1.29, 1.82) is 0 Å². The smallest absolute Gasteiger partial charge is 0.243 e. The number of carbonyl (C=O) groups is 1. The van der Waals surface area contributed by atoms with E-state index in [0.29, 0.717) is 31.7 Å². The number of carbonyl (C=O) groups excluding carboxylic acids is 1. The predicted molar refractivity (Wildman–Crippen MR) is 118 cm³/mol. The van der Waals surface area contributed by atoms with Crippen LogP contribution in [0.15, 0.2) is 41.3 Å². The minimum absolute atomic E-state index is 0.133. The van der Waals surface area contributed by atoms with Crippen molar-refractivity contribution < 1.29 is 17.9 Å². The number of hydrogen-bond donors (Lipinski definition) is 1. The first kappa shape index (κ1) is 22.3. The van der Waals surface area contributed by atoms with Crippen LogP contribution in [0, 0.1) is 26.7 Å². The van der Waals surface area contributed by atoms with E-state index < -0.39 is 10.0 Å². The number of sulfonamides is 1. The van der Waals surface area contributed by atoms with E-state index in [0.717, 1.165) is 22.4 Å². The summed E-state index contributed by atoms with van der Waals surface area (Å²) in [6, 6.07) is 10.8. The third-order valence-electron chi connectivity index (χ3n) is 5.49. The Hall–Kier alpha value is -2.38. The number of ether oxygens (including phenoxy) is 1. The largest absolute Gasteiger partial charge is 0.494 e. The molecule has 2 aromatic rings. The molecular formula is C23H30N2O4S. The molecule has 0 aromatic heterocycles. The third kappa shape index (κ3) is 4.84. The number of benzene rings is 2. The fourth-order valence-corrected chi connectivity index (χ4v) is 5.34. The summed E-state index contributed by atoms with van der Waals surface area (Å²) in [5.74, 6) is 0.171. The molecule has 1 heterocycles. The maximum absolute atomic E-state index is 13.2. The molecule has 1 fully saturated rings. The molecule has 1 aliphatic heterocycles. The van der Waals surface area contributed by atoms with Crippen LogP contribution in [-0.2, 0) is 14.8 Å². The van der Waals surface area contributed by atoms with Crippen LogP contribution in [-0.4, -0.2) is 38.3 Å². The number of nitrogens with zero attached hydrogens (tertiary/aromatic N) is 1. The van der Waals surface area contributed by atoms with Gasteiger partial charge in [-0.1, -0.05) is 12.1 Å². The molecule has 162 valence electrons. The number of hydrogen-bond acceptors (Lipinski definition) is 4. The Balaban J connectivity index is 1.75. The Morgan fingerprint density at radius 2 is 1.90 bits per heavy atom. The van der Waals surface area contributed by atoms with Crippen LogP contribution in [0.2, 0.25) is 0 Å². The lowest BCUT2D eigenvalue weighted by Gasteiger charge is -2.31. The first-order chi connectivity index (χ1) is 14.2. The topological polar surface area (TPSA) is 75.7 Å². The highest BCUT2D eigenvalue weighted by atomic mass is 32.2. The second-order valence-electron chi connectivity index (χ2n) is 7.87. The van der Waals surface area contributed by atoms with Crippen LogP contribution in [0.5, 0.6) is 5.75 Å². The summed E-state index contributed by atoms with van der Waals surface area (Å²) in [5.41, 5.74) is 3.61. The van der Waals surface area contributed by atoms with E-state index in [1.54, 1.807) is 18.2 Å². The van der Waals surface area contributed by atoms with Gasteiger partial charge in [0, 0.05) is 18.8 Å². The summed E-state index contributed by atoms with van der Waals surface area (Å²) < 4.78 is 33.3. The van der Waals surface area contributed by atoms with Gasteiger partial charge < -0.3 is 10.1 Å². The molecule has 1 atom stereocenters. The number of rotatable bonds is 6. The van der Waals surface area contributed by atoms with E-state index in [2.05, 4.69) is 5.32 Å². The fourth-order valence-electron chi connectivity index (χ4n) is 3.73. The number of amides is 1. The van der Waals surface area contributed by atoms with Crippen molar-refractivity contribution >= 4 is 21.6 Å². The van der Waals surface area contributed by atoms with Crippen molar-refractivity contribution in [3.63, 3.8) is 0 Å². The lowest BCUT2D eigenvalue weighted by molar-refractivity contribution is -0.120. The van der Waals surface area contributed by atoms with Crippen LogP contribution in [0.1, 0.15) is 36.5 Å². The summed E-state index contributed by atoms with van der Waals surface area (Å²) >= 11 is 0. The van der Waals surface area contributed by atoms with Gasteiger partial charge in [0.05, 0.1) is 17.4 Å². The average Bonchev–Trinajstić information content (AvgIpc) is 2.72. The molecule has 7 heteroatoms. The monoisotopic (exact) mass is 430 g/mol. The molecule has 1 amide bonds. The van der Waals surface area contributed by atoms with Gasteiger partial charge in [-0.15, -0.1) is 0 Å². The van der Waals surface area contributed by atoms with Crippen molar-refractivity contribution in [2.24, 2.45) is 5.92 Å². The summed E-state index contributed by atoms with van der Waals surface area (Å²) in [5, 5.41) is 2.99. The van der Waals surface area contributed by atoms with Gasteiger partial charge in [0.25, 0.3) is 0 Å². The van der Waals surface area contributed by atoms with Gasteiger partial charge in [-0.2, -0.15) is 4.31 Å². The summed E-state index contributed by atoms with van der Waals surface area (Å²) in [4.78, 5) is 13.1. The van der Waals surface area contributed by atoms with E-state index in [1.165, 1.54) is 4.31 Å². The predicted octanol–water partition coefficient (Wildman–Crippen LogP) is 4.05. The molecular weight excluding hydrogens is 400 g/mol. The molecule has 0 unspecified atom stereocenters. The van der Waals surface area contributed by atoms with E-state index in [1.807, 2.05) is 45.9 Å². The highest BCUT2D eigenvalue weighted by Crippen LogP contribution is 2.28. The normalized spacial score (nSPS) is 17.5. The van der Waals surface area contributed by atoms with Crippen LogP contribution in [0.3, 0.4) is 0 Å². The van der Waals surface area contributed by atoms with Crippen LogP contribution in [0.4, 0.5) is 5.69 Å². The lowest BCUT2D eigenvalue weighted by Crippen LogP contribution is -2.43. The molecule has 0 saturated carbocycles. The van der Waals surface area contributed by atoms with Gasteiger partial charge >= 0.3 is 0 Å². The third-order valence-corrected chi connectivity index (χ3v) is 7.35. The minimum Gasteiger partial charge on any atom is -0.494 e. The zero-order valence-corrected chi connectivity index (χ0v) is 18.9. The molecule has 0 bridgehead atoms. The first-order valence-corrected chi connectivity index (χ1v) is 11.8. The first-order valence-electron chi connectivity index (χ1n) is 10.3. The molecule has 2 aromatic carbocycles. The number of piperidine rings is 1. The van der Waals surface area contributed by atoms with Gasteiger partial charge in [0.1, 0.15) is 5.75 Å². The number of anilines is 1. The van der Waals surface area contributed by atoms with Gasteiger partial charge in [0.2, 0.25) is 15.9 Å². The maximum Gasteiger partial charge on any atom is 0.243 e. The van der Waals surface area contributed by atoms with E-state index in [9.17, 15) is 13.2 Å². The second-order valence-corrected chi connectivity index (χ2v) is 9.81. The molecule has 1 N–H and O–H groups in total. The van der Waals surface area contributed by atoms with Gasteiger partial charge in [0.15, 0.2) is 0 Å². The average molecular weight is 431 g/mol. The van der Waals surface area contributed by atoms with Crippen molar-refractivity contribution in [2.75, 3.05) is 25.0 Å². The Bertz CT molecular complexity index is 1030. The molecule has 30 heavy (non-hydrogen) atoms. The van der Waals surface area contributed by atoms with Crippen LogP contribution >= 0.6 is 0 Å². The van der Waals surface area contributed by atoms with E-state index in [4.69, 9.17) is 4.74 Å². The zero-order valence-electron chi connectivity index (χ0n) is 18.1. The highest BCUT2D eigenvalue weighted by molar-refractivity contribution is 7.89. The fraction of sp³-hybridized carbons (Fsp3) is 0.435. The number of nitrogens with one attached hydrogen (secondary N) is 1. The van der Waals surface area contributed by atoms with Gasteiger partial charge in [-0.25, -0.2) is 8.42 Å². The highest BCUT2D eigenvalue weighted by Gasteiger charge is 2.33. The van der Waals surface area contributed by atoms with E-state index in [-0.39, 0.29) is 23.3 Å². The Kier molecular flexibility index (Phi) is 6.83. The van der Waals surface area contributed by atoms with Crippen LogP contribution in [0.25, 0.3) is 0 Å². The summed E-state index contributed by atoms with van der Waals surface area (Å²) in [7, 11) is -3.67. The minimum atomic E-state index is -3.67. The van der Waals surface area contributed by atoms with Gasteiger partial charge in [-0.3, -0.25) is 4.79 Å². The van der Waals surface area contributed by atoms with Gasteiger partial charge in [-0.05, 0) is 81.5 Å². The van der Waals surface area contributed by atoms with Crippen molar-refractivity contribution in [2.45, 2.75) is 45.4 Å². The number of aryl methyl sites for hydroxylation is 3. The molecule has 6 nitrogen and oxygen atoms in total. The maximum atomic E-state index is 13.2. The molecule has 0 radical (unpaired) electrons. The molecule has 3 rings (SSSR count). The second kappa shape index (κ2) is 9.18. The zero-order chi connectivity index (χ0) is 21.9. The molecule has 0 aliphatic carbocycles. The Morgan fingerprint density at radius 3 is 2.60 bits per heavy atom.